The summed E-state index contributed by atoms with van der Waals surface area (Å²) in [5, 5.41) is 15.1. The lowest BCUT2D eigenvalue weighted by molar-refractivity contribution is 0.122. The number of H-pyrrole nitrogens is 5. The molecule has 0 unspecified atom stereocenters. The van der Waals surface area contributed by atoms with Gasteiger partial charge >= 0.3 is 22.8 Å². The zero-order chi connectivity index (χ0) is 87.9. The Morgan fingerprint density at radius 1 is 0.416 bits per heavy atom. The second kappa shape index (κ2) is 37.7. The third-order valence-corrected chi connectivity index (χ3v) is 22.8. The highest BCUT2D eigenvalue weighted by Crippen LogP contribution is 2.30. The van der Waals surface area contributed by atoms with E-state index >= 15 is 0 Å². The molecule has 0 aliphatic carbocycles. The molecule has 0 radical (unpaired) electrons. The van der Waals surface area contributed by atoms with Crippen LogP contribution in [0, 0.1) is 55.4 Å². The molecule has 1 fully saturated rings. The molecule has 9 aliphatic rings. The summed E-state index contributed by atoms with van der Waals surface area (Å²) in [5.41, 5.74) is 19.3. The number of ether oxygens (including phenoxy) is 1. The Morgan fingerprint density at radius 2 is 0.816 bits per heavy atom. The first-order chi connectivity index (χ1) is 60.3. The number of hydrogen-bond acceptors (Lipinski definition) is 24. The number of morpholine rings is 1. The van der Waals surface area contributed by atoms with Gasteiger partial charge < -0.3 is 63.6 Å². The molecule has 9 N–H and O–H groups in total. The molecule has 1 saturated heterocycles. The van der Waals surface area contributed by atoms with Crippen molar-refractivity contribution in [2.24, 2.45) is 7.05 Å². The highest BCUT2D eigenvalue weighted by atomic mass is 16.5. The van der Waals surface area contributed by atoms with Gasteiger partial charge in [0, 0.05) is 141 Å². The van der Waals surface area contributed by atoms with Crippen LogP contribution in [0.25, 0.3) is 101 Å². The summed E-state index contributed by atoms with van der Waals surface area (Å²) in [7, 11) is 5.98. The van der Waals surface area contributed by atoms with Gasteiger partial charge in [0.25, 0.3) is 22.2 Å². The lowest BCUT2D eigenvalue weighted by Gasteiger charge is -2.30. The summed E-state index contributed by atoms with van der Waals surface area (Å²) in [6.07, 6.45) is 6.52. The number of rotatable bonds is 23. The molecule has 125 heavy (non-hydrogen) atoms. The molecular weight excluding hydrogens is 1590 g/mol. The first-order valence-electron chi connectivity index (χ1n) is 41.5. The van der Waals surface area contributed by atoms with E-state index in [2.05, 4.69) is 162 Å². The Bertz CT molecular complexity index is 7240. The molecule has 0 spiro atoms. The number of aryl methyl sites for hydroxylation is 9. The zero-order valence-electron chi connectivity index (χ0n) is 71.6. The van der Waals surface area contributed by atoms with E-state index in [1.807, 2.05) is 172 Å². The summed E-state index contributed by atoms with van der Waals surface area (Å²) < 4.78 is 15.1. The summed E-state index contributed by atoms with van der Waals surface area (Å²) in [4.78, 5) is 152. The maximum atomic E-state index is 12.4. The molecule has 9 aromatic rings. The molecule has 9 aliphatic heterocycles. The van der Waals surface area contributed by atoms with E-state index in [1.54, 1.807) is 6.33 Å². The second-order valence-corrected chi connectivity index (χ2v) is 31.6. The topological polar surface area (TPSA) is 420 Å². The average molecular weight is 1690 g/mol. The minimum absolute atomic E-state index is 0.169. The van der Waals surface area contributed by atoms with Gasteiger partial charge in [0.15, 0.2) is 46.1 Å². The zero-order valence-corrected chi connectivity index (χ0v) is 71.6. The van der Waals surface area contributed by atoms with Crippen LogP contribution >= 0.6 is 0 Å². The van der Waals surface area contributed by atoms with Crippen LogP contribution in [0.1, 0.15) is 66.9 Å². The molecule has 0 bridgehead atoms. The monoisotopic (exact) mass is 1690 g/mol. The number of aromatic amines is 5. The molecule has 0 saturated carbocycles. The fourth-order valence-corrected chi connectivity index (χ4v) is 15.5. The van der Waals surface area contributed by atoms with Crippen LogP contribution < -0.4 is 76.1 Å². The Hall–Kier alpha value is -14.2. The van der Waals surface area contributed by atoms with Gasteiger partial charge in [-0.05, 0) is 202 Å². The van der Waals surface area contributed by atoms with Crippen LogP contribution in [0.4, 0.5) is 11.4 Å². The van der Waals surface area contributed by atoms with Crippen molar-refractivity contribution in [2.75, 3.05) is 82.9 Å². The Morgan fingerprint density at radius 3 is 1.25 bits per heavy atom. The van der Waals surface area contributed by atoms with Crippen molar-refractivity contribution >= 4 is 66.4 Å². The minimum Gasteiger partial charge on any atom is -0.378 e. The van der Waals surface area contributed by atoms with Gasteiger partial charge in [0.1, 0.15) is 0 Å². The Labute approximate surface area is 715 Å². The van der Waals surface area contributed by atoms with Crippen molar-refractivity contribution in [1.29, 1.82) is 0 Å². The number of anilines is 2. The maximum Gasteiger partial charge on any atom is 0.349 e. The van der Waals surface area contributed by atoms with Crippen LogP contribution in [0.5, 0.6) is 0 Å². The average Bonchev–Trinajstić information content (AvgIpc) is 0.893. The number of nitrogens with zero attached hydrogens (tertiary/aromatic N) is 16. The number of benzene rings is 7. The summed E-state index contributed by atoms with van der Waals surface area (Å²) >= 11 is 0. The van der Waals surface area contributed by atoms with E-state index in [9.17, 15) is 38.4 Å². The molecule has 18 rings (SSSR count). The van der Waals surface area contributed by atoms with Crippen LogP contribution in [-0.4, -0.2) is 166 Å². The number of para-hydroxylation sites is 2. The fraction of sp³-hybridized carbons (Fsp3) is 0.308. The molecule has 11 heterocycles. The van der Waals surface area contributed by atoms with E-state index in [1.165, 1.54) is 27.8 Å². The first kappa shape index (κ1) is 85.8. The number of aromatic nitrogens is 19. The predicted molar refractivity (Wildman–Crippen MR) is 486 cm³/mol. The van der Waals surface area contributed by atoms with Crippen molar-refractivity contribution in [1.82, 2.24) is 114 Å². The number of fused-ring (bicyclic) bond motifs is 9. The largest absolute Gasteiger partial charge is 0.378 e. The van der Waals surface area contributed by atoms with Gasteiger partial charge in [0.2, 0.25) is 0 Å². The SMILES string of the molecule is Cc1cc2nc3c(=O)[nH]c(=O)nc-3n(CCNCCc3c[nH]c4ccccc34)c2cc1C.Cc1cc2nc3c(=O)[nH]c(=O)nc-3n(CCNCc3cccc(N(C)C)c3)c2cc1C.Cc1cc2nc3c(=O)[nH]c(=O)nc-3n(CCNCc3ccccc3N3CCOCC3)c2cc1C.Cc1cc2nc3c(=O)[nH]c(=O)nc-3n(CCNCc3cncn3C)c2cc1C. The molecule has 642 valence electrons. The van der Waals surface area contributed by atoms with Gasteiger partial charge in [-0.1, -0.05) is 48.5 Å². The van der Waals surface area contributed by atoms with E-state index < -0.39 is 45.0 Å². The normalized spacial score (nSPS) is 12.3. The summed E-state index contributed by atoms with van der Waals surface area (Å²) in [5.74, 6) is 1.22. The molecule has 0 amide bonds. The van der Waals surface area contributed by atoms with Crippen LogP contribution in [0.3, 0.4) is 0 Å². The van der Waals surface area contributed by atoms with E-state index in [-0.39, 0.29) is 22.8 Å². The minimum atomic E-state index is -0.668. The summed E-state index contributed by atoms with van der Waals surface area (Å²) in [6.45, 7) is 27.0. The lowest BCUT2D eigenvalue weighted by atomic mass is 10.1. The highest BCUT2D eigenvalue weighted by molar-refractivity contribution is 5.85. The van der Waals surface area contributed by atoms with Gasteiger partial charge in [0.05, 0.1) is 69.4 Å². The molecule has 2 aromatic heterocycles. The molecule has 34 nitrogen and oxygen atoms in total. The summed E-state index contributed by atoms with van der Waals surface area (Å²) in [6, 6.07) is 41.0. The predicted octanol–water partition coefficient (Wildman–Crippen LogP) is 7.12. The Balaban J connectivity index is 0.000000129. The molecule has 34 heteroatoms. The van der Waals surface area contributed by atoms with Crippen molar-refractivity contribution < 1.29 is 4.74 Å². The number of hydrogen-bond donors (Lipinski definition) is 9. The van der Waals surface area contributed by atoms with Crippen LogP contribution in [-0.2, 0) is 64.0 Å². The van der Waals surface area contributed by atoms with E-state index in [0.29, 0.717) is 117 Å². The quantitative estimate of drug-likeness (QED) is 0.0227. The molecule has 7 aromatic carbocycles. The standard InChI is InChI=1S/C25H28N6O3.C24H24N6O2.C23H26N6O2.C19H21N7O2/c1-16-13-19-21(14-17(16)2)31(23-22(27-19)24(32)29-25(33)28-23)8-7-26-15-18-5-3-4-6-20(18)30-9-11-34-12-10-30;1-14-11-19-20(12-15(14)2)30(22-21(27-19)23(31)29-24(32)28-22)10-9-25-8-7-16-13-26-18-6-4-3-5-17(16)18;1-14-10-18-19(11-15(14)2)29(21-20(25-18)22(30)27-23(31)26-21)9-8-24-13-16-6-5-7-17(12-16)28(3)4;1-11-6-14-15(7-12(11)2)26(5-4-20-8-13-9-21-10-25(13)3)17-16(22-14)18(27)24-19(28)23-17/h3-6,13-14,26H,7-12,15H2,1-2H3,(H,29,32,33);3-6,11-13,25-26H,7-10H2,1-2H3,(H,29,31,32);5-7,10-12,24H,8-9,13H2,1-4H3,(H,27,30,31);6-7,9-10,20H,4-5,8H2,1-3H3,(H,24,27,28). The van der Waals surface area contributed by atoms with Crippen molar-refractivity contribution in [2.45, 2.75) is 108 Å². The Kier molecular flexibility index (Phi) is 25.8. The smallest absolute Gasteiger partial charge is 0.349 e. The maximum absolute atomic E-state index is 12.4. The van der Waals surface area contributed by atoms with Crippen LogP contribution in [0.15, 0.2) is 178 Å². The van der Waals surface area contributed by atoms with Crippen molar-refractivity contribution in [3.05, 3.63) is 290 Å². The molecular formula is C91H99N25O9. The van der Waals surface area contributed by atoms with Crippen molar-refractivity contribution in [3.63, 3.8) is 0 Å². The molecule has 0 atom stereocenters. The van der Waals surface area contributed by atoms with E-state index in [4.69, 9.17) is 4.74 Å². The fourth-order valence-electron chi connectivity index (χ4n) is 15.5. The van der Waals surface area contributed by atoms with Gasteiger partial charge in [-0.2, -0.15) is 19.9 Å². The van der Waals surface area contributed by atoms with E-state index in [0.717, 1.165) is 123 Å². The van der Waals surface area contributed by atoms with Gasteiger partial charge in [-0.15, -0.1) is 0 Å². The third-order valence-electron chi connectivity index (χ3n) is 22.8. The number of imidazole rings is 1. The highest BCUT2D eigenvalue weighted by Gasteiger charge is 2.25. The first-order valence-corrected chi connectivity index (χ1v) is 41.5. The second-order valence-electron chi connectivity index (χ2n) is 31.6. The lowest BCUT2D eigenvalue weighted by Crippen LogP contribution is -2.37. The third kappa shape index (κ3) is 19.2. The number of nitrogens with one attached hydrogen (secondary N) is 9. The van der Waals surface area contributed by atoms with Gasteiger partial charge in [-0.25, -0.2) is 44.1 Å². The van der Waals surface area contributed by atoms with Crippen LogP contribution in [0.2, 0.25) is 0 Å². The van der Waals surface area contributed by atoms with Gasteiger partial charge in [-0.3, -0.25) is 39.1 Å². The van der Waals surface area contributed by atoms with Crippen molar-refractivity contribution in [3.8, 4) is 46.1 Å².